The van der Waals surface area contributed by atoms with Gasteiger partial charge in [0.05, 0.1) is 6.61 Å². The number of hydrogen-bond acceptors (Lipinski definition) is 4. The van der Waals surface area contributed by atoms with Crippen LogP contribution in [-0.4, -0.2) is 40.7 Å². The second kappa shape index (κ2) is 13.2. The average Bonchev–Trinajstić information content (AvgIpc) is 2.62. The first kappa shape index (κ1) is 20.9. The molecule has 0 aromatic heterocycles. The second-order valence-corrected chi connectivity index (χ2v) is 6.50. The molecule has 0 heterocycles. The van der Waals surface area contributed by atoms with Crippen molar-refractivity contribution >= 4 is 0 Å². The van der Waals surface area contributed by atoms with Gasteiger partial charge >= 0.3 is 0 Å². The number of rotatable bonds is 14. The zero-order chi connectivity index (χ0) is 17.6. The molecule has 1 aromatic carbocycles. The summed E-state index contributed by atoms with van der Waals surface area (Å²) in [7, 11) is 0. The fraction of sp³-hybridized carbons (Fsp3) is 0.700. The molecule has 138 valence electrons. The molecule has 4 heteroatoms. The third kappa shape index (κ3) is 9.26. The summed E-state index contributed by atoms with van der Waals surface area (Å²) in [5.41, 5.74) is 1.30. The van der Waals surface area contributed by atoms with Crippen LogP contribution in [0.3, 0.4) is 0 Å². The molecule has 0 bridgehead atoms. The Bertz CT molecular complexity index is 405. The van der Waals surface area contributed by atoms with Gasteiger partial charge in [0.25, 0.3) is 0 Å². The molecule has 0 unspecified atom stereocenters. The van der Waals surface area contributed by atoms with Crippen molar-refractivity contribution < 1.29 is 20.1 Å². The maximum Gasteiger partial charge on any atom is 0.119 e. The van der Waals surface area contributed by atoms with Crippen LogP contribution in [0.4, 0.5) is 0 Å². The monoisotopic (exact) mass is 338 g/mol. The van der Waals surface area contributed by atoms with Crippen LogP contribution in [0.1, 0.15) is 63.9 Å². The Hall–Kier alpha value is -1.10. The van der Waals surface area contributed by atoms with Gasteiger partial charge in [0, 0.05) is 0 Å². The van der Waals surface area contributed by atoms with Gasteiger partial charge in [0.1, 0.15) is 24.6 Å². The van der Waals surface area contributed by atoms with Gasteiger partial charge in [-0.3, -0.25) is 0 Å². The van der Waals surface area contributed by atoms with E-state index < -0.39 is 18.8 Å². The molecule has 0 amide bonds. The lowest BCUT2D eigenvalue weighted by atomic mass is 10.0. The molecule has 0 fully saturated rings. The minimum Gasteiger partial charge on any atom is -0.491 e. The molecule has 1 aromatic rings. The second-order valence-electron chi connectivity index (χ2n) is 6.50. The molecule has 4 nitrogen and oxygen atoms in total. The van der Waals surface area contributed by atoms with Crippen LogP contribution in [0.2, 0.25) is 0 Å². The van der Waals surface area contributed by atoms with Crippen LogP contribution in [0.15, 0.2) is 24.3 Å². The van der Waals surface area contributed by atoms with Crippen LogP contribution in [0.25, 0.3) is 0 Å². The minimum atomic E-state index is -1.16. The van der Waals surface area contributed by atoms with E-state index in [0.717, 1.165) is 6.42 Å². The lowest BCUT2D eigenvalue weighted by molar-refractivity contribution is -0.0339. The van der Waals surface area contributed by atoms with Crippen molar-refractivity contribution in [3.8, 4) is 5.75 Å². The van der Waals surface area contributed by atoms with E-state index in [1.807, 2.05) is 24.3 Å². The molecule has 0 saturated carbocycles. The summed E-state index contributed by atoms with van der Waals surface area (Å²) in [5.74, 6) is 0.666. The van der Waals surface area contributed by atoms with E-state index in [4.69, 9.17) is 9.84 Å². The number of aryl methyl sites for hydroxylation is 1. The molecule has 1 rings (SSSR count). The van der Waals surface area contributed by atoms with E-state index in [2.05, 4.69) is 6.92 Å². The zero-order valence-electron chi connectivity index (χ0n) is 15.0. The fourth-order valence-corrected chi connectivity index (χ4v) is 2.63. The van der Waals surface area contributed by atoms with Crippen molar-refractivity contribution in [1.82, 2.24) is 0 Å². The first-order valence-electron chi connectivity index (χ1n) is 9.36. The zero-order valence-corrected chi connectivity index (χ0v) is 15.0. The number of aliphatic hydroxyl groups is 3. The van der Waals surface area contributed by atoms with Crippen molar-refractivity contribution in [1.29, 1.82) is 0 Å². The highest BCUT2D eigenvalue weighted by Gasteiger charge is 2.15. The first-order chi connectivity index (χ1) is 11.7. The van der Waals surface area contributed by atoms with Crippen molar-refractivity contribution in [2.45, 2.75) is 76.9 Å². The van der Waals surface area contributed by atoms with Gasteiger partial charge in [-0.2, -0.15) is 0 Å². The van der Waals surface area contributed by atoms with E-state index in [-0.39, 0.29) is 6.61 Å². The largest absolute Gasteiger partial charge is 0.491 e. The molecule has 0 saturated heterocycles. The van der Waals surface area contributed by atoms with Gasteiger partial charge in [-0.05, 0) is 30.5 Å². The van der Waals surface area contributed by atoms with E-state index in [9.17, 15) is 10.2 Å². The number of benzene rings is 1. The summed E-state index contributed by atoms with van der Waals surface area (Å²) >= 11 is 0. The van der Waals surface area contributed by atoms with E-state index >= 15 is 0 Å². The van der Waals surface area contributed by atoms with Crippen LogP contribution in [0, 0.1) is 0 Å². The number of hydrogen-bond donors (Lipinski definition) is 3. The standard InChI is InChI=1S/C20H34O4/c1-2-3-4-5-6-7-8-9-10-17-11-13-18(14-12-17)24-16-20(23)19(22)15-21/h11-14,19-23H,2-10,15-16H2,1H3/t19-,20-/m0/s1. The van der Waals surface area contributed by atoms with Crippen LogP contribution in [0.5, 0.6) is 5.75 Å². The van der Waals surface area contributed by atoms with E-state index in [1.54, 1.807) is 0 Å². The predicted molar refractivity (Wildman–Crippen MR) is 97.4 cm³/mol. The van der Waals surface area contributed by atoms with Crippen LogP contribution in [-0.2, 0) is 6.42 Å². The van der Waals surface area contributed by atoms with Crippen LogP contribution < -0.4 is 4.74 Å². The minimum absolute atomic E-state index is 0.0287. The van der Waals surface area contributed by atoms with Crippen molar-refractivity contribution in [3.63, 3.8) is 0 Å². The number of unbranched alkanes of at least 4 members (excludes halogenated alkanes) is 7. The van der Waals surface area contributed by atoms with Gasteiger partial charge in [-0.1, -0.05) is 64.0 Å². The number of ether oxygens (including phenoxy) is 1. The Morgan fingerprint density at radius 2 is 1.42 bits per heavy atom. The summed E-state index contributed by atoms with van der Waals surface area (Å²) in [6.45, 7) is 1.75. The molecular formula is C20H34O4. The van der Waals surface area contributed by atoms with Crippen molar-refractivity contribution in [3.05, 3.63) is 29.8 Å². The molecule has 0 spiro atoms. The van der Waals surface area contributed by atoms with E-state index in [0.29, 0.717) is 5.75 Å². The Balaban J connectivity index is 2.14. The Labute approximate surface area is 146 Å². The molecular weight excluding hydrogens is 304 g/mol. The van der Waals surface area contributed by atoms with E-state index in [1.165, 1.54) is 56.9 Å². The smallest absolute Gasteiger partial charge is 0.119 e. The average molecular weight is 338 g/mol. The summed E-state index contributed by atoms with van der Waals surface area (Å²) in [4.78, 5) is 0. The van der Waals surface area contributed by atoms with Crippen molar-refractivity contribution in [2.75, 3.05) is 13.2 Å². The molecule has 0 aliphatic heterocycles. The Kier molecular flexibility index (Phi) is 11.5. The fourth-order valence-electron chi connectivity index (χ4n) is 2.63. The summed E-state index contributed by atoms with van der Waals surface area (Å²) in [6, 6.07) is 7.87. The molecule has 0 aliphatic carbocycles. The van der Waals surface area contributed by atoms with Gasteiger partial charge < -0.3 is 20.1 Å². The molecule has 3 N–H and O–H groups in total. The highest BCUT2D eigenvalue weighted by Crippen LogP contribution is 2.16. The highest BCUT2D eigenvalue weighted by molar-refractivity contribution is 5.27. The number of aliphatic hydroxyl groups excluding tert-OH is 3. The van der Waals surface area contributed by atoms with Crippen LogP contribution >= 0.6 is 0 Å². The van der Waals surface area contributed by atoms with Gasteiger partial charge in [-0.15, -0.1) is 0 Å². The maximum atomic E-state index is 9.53. The Morgan fingerprint density at radius 3 is 2.00 bits per heavy atom. The first-order valence-corrected chi connectivity index (χ1v) is 9.36. The molecule has 24 heavy (non-hydrogen) atoms. The third-order valence-corrected chi connectivity index (χ3v) is 4.29. The maximum absolute atomic E-state index is 9.53. The highest BCUT2D eigenvalue weighted by atomic mass is 16.5. The normalized spacial score (nSPS) is 13.7. The van der Waals surface area contributed by atoms with Gasteiger partial charge in [-0.25, -0.2) is 0 Å². The van der Waals surface area contributed by atoms with Gasteiger partial charge in [0.15, 0.2) is 0 Å². The Morgan fingerprint density at radius 1 is 0.833 bits per heavy atom. The lowest BCUT2D eigenvalue weighted by Crippen LogP contribution is -2.34. The lowest BCUT2D eigenvalue weighted by Gasteiger charge is -2.16. The topological polar surface area (TPSA) is 69.9 Å². The quantitative estimate of drug-likeness (QED) is 0.454. The summed E-state index contributed by atoms with van der Waals surface area (Å²) in [5, 5.41) is 27.6. The van der Waals surface area contributed by atoms with Gasteiger partial charge in [0.2, 0.25) is 0 Å². The molecule has 0 radical (unpaired) electrons. The molecule has 0 aliphatic rings. The summed E-state index contributed by atoms with van der Waals surface area (Å²) < 4.78 is 5.41. The molecule has 2 atom stereocenters. The van der Waals surface area contributed by atoms with Crippen molar-refractivity contribution in [2.24, 2.45) is 0 Å². The SMILES string of the molecule is CCCCCCCCCCc1ccc(OC[C@H](O)[C@@H](O)CO)cc1. The predicted octanol–water partition coefficient (Wildman–Crippen LogP) is 3.46. The summed E-state index contributed by atoms with van der Waals surface area (Å²) in [6.07, 6.45) is 9.46. The third-order valence-electron chi connectivity index (χ3n) is 4.29.